The van der Waals surface area contributed by atoms with Crippen LogP contribution in [0.25, 0.3) is 0 Å². The molecule has 0 radical (unpaired) electrons. The maximum Gasteiger partial charge on any atom is 0.416 e. The summed E-state index contributed by atoms with van der Waals surface area (Å²) in [5.41, 5.74) is 4.55. The van der Waals surface area contributed by atoms with Gasteiger partial charge in [-0.3, -0.25) is 4.79 Å². The summed E-state index contributed by atoms with van der Waals surface area (Å²) in [4.78, 5) is 16.7. The summed E-state index contributed by atoms with van der Waals surface area (Å²) in [6, 6.07) is 1.59. The minimum absolute atomic E-state index is 0.0274. The highest BCUT2D eigenvalue weighted by molar-refractivity contribution is 5.77. The second kappa shape index (κ2) is 5.18. The Labute approximate surface area is 114 Å². The summed E-state index contributed by atoms with van der Waals surface area (Å²) in [5, 5.41) is 2.90. The number of nitrogen functional groups attached to an aromatic ring is 1. The van der Waals surface area contributed by atoms with E-state index >= 15 is 0 Å². The molecule has 1 atom stereocenters. The number of amides is 1. The van der Waals surface area contributed by atoms with Crippen molar-refractivity contribution < 1.29 is 18.0 Å². The maximum atomic E-state index is 12.7. The molecule has 2 rings (SSSR count). The van der Waals surface area contributed by atoms with Crippen LogP contribution in [0.3, 0.4) is 0 Å². The first-order chi connectivity index (χ1) is 9.25. The second-order valence-electron chi connectivity index (χ2n) is 4.82. The van der Waals surface area contributed by atoms with E-state index in [1.165, 1.54) is 4.90 Å². The van der Waals surface area contributed by atoms with Gasteiger partial charge in [0.15, 0.2) is 0 Å². The number of alkyl halides is 3. The molecule has 1 aromatic rings. The van der Waals surface area contributed by atoms with Gasteiger partial charge in [-0.1, -0.05) is 0 Å². The van der Waals surface area contributed by atoms with Crippen molar-refractivity contribution in [2.24, 2.45) is 0 Å². The maximum absolute atomic E-state index is 12.7. The quantitative estimate of drug-likeness (QED) is 0.869. The average Bonchev–Trinajstić information content (AvgIpc) is 2.32. The van der Waals surface area contributed by atoms with Gasteiger partial charge < -0.3 is 16.0 Å². The Kier molecular flexibility index (Phi) is 3.74. The van der Waals surface area contributed by atoms with Crippen molar-refractivity contribution in [2.75, 3.05) is 24.6 Å². The zero-order valence-electron chi connectivity index (χ0n) is 10.9. The van der Waals surface area contributed by atoms with E-state index in [1.807, 2.05) is 0 Å². The van der Waals surface area contributed by atoms with Crippen molar-refractivity contribution in [3.8, 4) is 0 Å². The zero-order chi connectivity index (χ0) is 14.9. The van der Waals surface area contributed by atoms with Crippen LogP contribution >= 0.6 is 0 Å². The van der Waals surface area contributed by atoms with Crippen molar-refractivity contribution >= 4 is 17.5 Å². The Morgan fingerprint density at radius 2 is 2.15 bits per heavy atom. The minimum Gasteiger partial charge on any atom is -0.384 e. The van der Waals surface area contributed by atoms with Crippen LogP contribution < -0.4 is 11.1 Å². The lowest BCUT2D eigenvalue weighted by Crippen LogP contribution is -2.43. The number of nitrogens with two attached hydrogens (primary N) is 1. The van der Waals surface area contributed by atoms with Gasteiger partial charge in [-0.15, -0.1) is 0 Å². The van der Waals surface area contributed by atoms with E-state index in [9.17, 15) is 18.0 Å². The summed E-state index contributed by atoms with van der Waals surface area (Å²) in [7, 11) is 1.66. The SMILES string of the molecule is CN1CC(Nc2cc(C(F)(F)F)cc(N)n2)CCC1=O. The van der Waals surface area contributed by atoms with Gasteiger partial charge >= 0.3 is 6.18 Å². The molecule has 1 aliphatic rings. The molecule has 110 valence electrons. The van der Waals surface area contributed by atoms with Gasteiger partial charge in [0.25, 0.3) is 0 Å². The van der Waals surface area contributed by atoms with E-state index in [0.717, 1.165) is 12.1 Å². The van der Waals surface area contributed by atoms with Crippen LogP contribution in [0.15, 0.2) is 12.1 Å². The molecule has 0 bridgehead atoms. The summed E-state index contributed by atoms with van der Waals surface area (Å²) >= 11 is 0. The number of carbonyl (C=O) groups excluding carboxylic acids is 1. The van der Waals surface area contributed by atoms with Crippen molar-refractivity contribution in [3.63, 3.8) is 0 Å². The molecule has 1 amide bonds. The molecule has 1 fully saturated rings. The van der Waals surface area contributed by atoms with Crippen LogP contribution in [0, 0.1) is 0 Å². The molecule has 1 saturated heterocycles. The van der Waals surface area contributed by atoms with E-state index in [2.05, 4.69) is 10.3 Å². The monoisotopic (exact) mass is 288 g/mol. The van der Waals surface area contributed by atoms with Crippen LogP contribution in [0.1, 0.15) is 18.4 Å². The molecular formula is C12H15F3N4O. The van der Waals surface area contributed by atoms with E-state index in [-0.39, 0.29) is 23.6 Å². The standard InChI is InChI=1S/C12H15F3N4O/c1-19-6-8(2-3-11(19)20)17-10-5-7(12(13,14)15)4-9(16)18-10/h4-5,8H,2-3,6H2,1H3,(H3,16,17,18). The fourth-order valence-corrected chi connectivity index (χ4v) is 2.13. The molecule has 2 heterocycles. The van der Waals surface area contributed by atoms with Crippen LogP contribution in [0.2, 0.25) is 0 Å². The van der Waals surface area contributed by atoms with Crippen molar-refractivity contribution in [2.45, 2.75) is 25.1 Å². The second-order valence-corrected chi connectivity index (χ2v) is 4.82. The molecule has 0 spiro atoms. The Balaban J connectivity index is 2.14. The molecule has 8 heteroatoms. The smallest absolute Gasteiger partial charge is 0.384 e. The molecule has 0 aromatic carbocycles. The molecule has 3 N–H and O–H groups in total. The van der Waals surface area contributed by atoms with E-state index < -0.39 is 11.7 Å². The average molecular weight is 288 g/mol. The van der Waals surface area contributed by atoms with Gasteiger partial charge in [0.2, 0.25) is 5.91 Å². The summed E-state index contributed by atoms with van der Waals surface area (Å²) in [5.74, 6) is -0.0906. The number of anilines is 2. The van der Waals surface area contributed by atoms with Gasteiger partial charge in [0, 0.05) is 26.1 Å². The predicted molar refractivity (Wildman–Crippen MR) is 67.9 cm³/mol. The topological polar surface area (TPSA) is 71.2 Å². The number of piperidine rings is 1. The minimum atomic E-state index is -4.47. The number of rotatable bonds is 2. The van der Waals surface area contributed by atoms with E-state index in [1.54, 1.807) is 7.05 Å². The van der Waals surface area contributed by atoms with Gasteiger partial charge in [-0.05, 0) is 18.6 Å². The number of carbonyl (C=O) groups is 1. The highest BCUT2D eigenvalue weighted by Crippen LogP contribution is 2.31. The third-order valence-electron chi connectivity index (χ3n) is 3.15. The lowest BCUT2D eigenvalue weighted by atomic mass is 10.1. The highest BCUT2D eigenvalue weighted by Gasteiger charge is 2.32. The zero-order valence-corrected chi connectivity index (χ0v) is 10.9. The predicted octanol–water partition coefficient (Wildman–Crippen LogP) is 1.72. The molecular weight excluding hydrogens is 273 g/mol. The third kappa shape index (κ3) is 3.31. The van der Waals surface area contributed by atoms with Crippen LogP contribution in [-0.2, 0) is 11.0 Å². The first-order valence-corrected chi connectivity index (χ1v) is 6.11. The van der Waals surface area contributed by atoms with Gasteiger partial charge in [0.05, 0.1) is 5.56 Å². The molecule has 5 nitrogen and oxygen atoms in total. The largest absolute Gasteiger partial charge is 0.416 e. The normalized spacial score (nSPS) is 20.1. The Morgan fingerprint density at radius 1 is 1.45 bits per heavy atom. The number of aromatic nitrogens is 1. The molecule has 1 aromatic heterocycles. The number of halogens is 3. The molecule has 0 saturated carbocycles. The van der Waals surface area contributed by atoms with Crippen molar-refractivity contribution in [3.05, 3.63) is 17.7 Å². The molecule has 20 heavy (non-hydrogen) atoms. The van der Waals surface area contributed by atoms with Gasteiger partial charge in [0.1, 0.15) is 11.6 Å². The number of hydrogen-bond donors (Lipinski definition) is 2. The Hall–Kier alpha value is -1.99. The molecule has 1 aliphatic heterocycles. The summed E-state index contributed by atoms with van der Waals surface area (Å²) < 4.78 is 38.0. The first kappa shape index (κ1) is 14.4. The van der Waals surface area contributed by atoms with Crippen LogP contribution in [-0.4, -0.2) is 35.4 Å². The fraction of sp³-hybridized carbons (Fsp3) is 0.500. The van der Waals surface area contributed by atoms with E-state index in [4.69, 9.17) is 5.73 Å². The van der Waals surface area contributed by atoms with Gasteiger partial charge in [-0.25, -0.2) is 4.98 Å². The number of nitrogens with zero attached hydrogens (tertiary/aromatic N) is 2. The molecule has 0 aliphatic carbocycles. The Morgan fingerprint density at radius 3 is 2.75 bits per heavy atom. The summed E-state index contributed by atoms with van der Waals surface area (Å²) in [6.07, 6.45) is -3.55. The number of hydrogen-bond acceptors (Lipinski definition) is 4. The van der Waals surface area contributed by atoms with Crippen molar-refractivity contribution in [1.82, 2.24) is 9.88 Å². The van der Waals surface area contributed by atoms with Crippen LogP contribution in [0.5, 0.6) is 0 Å². The lowest BCUT2D eigenvalue weighted by molar-refractivity contribution is -0.137. The van der Waals surface area contributed by atoms with Crippen LogP contribution in [0.4, 0.5) is 24.8 Å². The first-order valence-electron chi connectivity index (χ1n) is 6.11. The van der Waals surface area contributed by atoms with E-state index in [0.29, 0.717) is 19.4 Å². The number of likely N-dealkylation sites (tertiary alicyclic amines) is 1. The summed E-state index contributed by atoms with van der Waals surface area (Å²) in [6.45, 7) is 0.427. The Bertz CT molecular complexity index is 518. The lowest BCUT2D eigenvalue weighted by Gasteiger charge is -2.30. The number of nitrogens with one attached hydrogen (secondary N) is 1. The van der Waals surface area contributed by atoms with Gasteiger partial charge in [-0.2, -0.15) is 13.2 Å². The van der Waals surface area contributed by atoms with Crippen molar-refractivity contribution in [1.29, 1.82) is 0 Å². The molecule has 1 unspecified atom stereocenters. The fourth-order valence-electron chi connectivity index (χ4n) is 2.13. The highest BCUT2D eigenvalue weighted by atomic mass is 19.4. The number of likely N-dealkylation sites (N-methyl/N-ethyl adjacent to an activating group) is 1. The number of pyridine rings is 1. The third-order valence-corrected chi connectivity index (χ3v) is 3.15.